The van der Waals surface area contributed by atoms with Crippen LogP contribution in [0.2, 0.25) is 0 Å². The van der Waals surface area contributed by atoms with Crippen molar-refractivity contribution in [3.8, 4) is 0 Å². The molecule has 1 aromatic rings. The van der Waals surface area contributed by atoms with Gasteiger partial charge in [0, 0.05) is 0 Å². The van der Waals surface area contributed by atoms with Gasteiger partial charge in [-0.15, -0.1) is 0 Å². The third-order valence-electron chi connectivity index (χ3n) is 1.52. The third-order valence-corrected chi connectivity index (χ3v) is 2.40. The number of hydrogen-bond donors (Lipinski definition) is 0. The van der Waals surface area contributed by atoms with Gasteiger partial charge in [-0.25, -0.2) is 0 Å². The molecule has 0 amide bonds. The van der Waals surface area contributed by atoms with Crippen LogP contribution in [-0.2, 0) is 9.47 Å². The molecule has 1 saturated heterocycles. The molecule has 11 heavy (non-hydrogen) atoms. The first kappa shape index (κ1) is 7.57. The lowest BCUT2D eigenvalue weighted by Crippen LogP contribution is -1.97. The summed E-state index contributed by atoms with van der Waals surface area (Å²) in [5.74, 6) is 0. The normalized spacial score (nSPS) is 19.4. The Bertz CT molecular complexity index is 240. The summed E-state index contributed by atoms with van der Waals surface area (Å²) < 4.78 is 16.6. The molecule has 4 heteroatoms. The molecule has 3 nitrogen and oxygen atoms in total. The highest BCUT2D eigenvalue weighted by molar-refractivity contribution is 14.1. The molecule has 2 heterocycles. The number of furan rings is 1. The number of ether oxygens (including phenoxy) is 2. The van der Waals surface area contributed by atoms with Crippen molar-refractivity contribution in [3.63, 3.8) is 0 Å². The van der Waals surface area contributed by atoms with Crippen LogP contribution in [0.3, 0.4) is 0 Å². The molecule has 0 atom stereocenters. The summed E-state index contributed by atoms with van der Waals surface area (Å²) in [4.78, 5) is 0. The van der Waals surface area contributed by atoms with Gasteiger partial charge in [0.05, 0.1) is 28.6 Å². The molecule has 0 N–H and O–H groups in total. The fraction of sp³-hybridized carbons (Fsp3) is 0.429. The van der Waals surface area contributed by atoms with Gasteiger partial charge in [-0.1, -0.05) is 0 Å². The first-order chi connectivity index (χ1) is 5.38. The van der Waals surface area contributed by atoms with Crippen molar-refractivity contribution in [2.45, 2.75) is 6.29 Å². The summed E-state index contributed by atoms with van der Waals surface area (Å²) >= 11 is 2.19. The SMILES string of the molecule is Ic1cocc1C1OCCO1. The van der Waals surface area contributed by atoms with Gasteiger partial charge in [-0.3, -0.25) is 0 Å². The summed E-state index contributed by atoms with van der Waals surface area (Å²) in [5, 5.41) is 0. The third kappa shape index (κ3) is 1.43. The second-order valence-electron chi connectivity index (χ2n) is 2.25. The van der Waals surface area contributed by atoms with E-state index in [2.05, 4.69) is 22.6 Å². The van der Waals surface area contributed by atoms with Gasteiger partial charge in [0.15, 0.2) is 6.29 Å². The van der Waals surface area contributed by atoms with Crippen LogP contribution in [0.5, 0.6) is 0 Å². The Morgan fingerprint density at radius 1 is 1.27 bits per heavy atom. The van der Waals surface area contributed by atoms with Gasteiger partial charge < -0.3 is 13.9 Å². The van der Waals surface area contributed by atoms with Crippen molar-refractivity contribution >= 4 is 22.6 Å². The fourth-order valence-electron chi connectivity index (χ4n) is 0.998. The summed E-state index contributed by atoms with van der Waals surface area (Å²) in [6.07, 6.45) is 3.14. The van der Waals surface area contributed by atoms with Gasteiger partial charge in [0.1, 0.15) is 6.26 Å². The monoisotopic (exact) mass is 266 g/mol. The zero-order valence-electron chi connectivity index (χ0n) is 5.75. The van der Waals surface area contributed by atoms with E-state index in [4.69, 9.17) is 13.9 Å². The smallest absolute Gasteiger partial charge is 0.188 e. The molecule has 0 bridgehead atoms. The van der Waals surface area contributed by atoms with Crippen LogP contribution in [0, 0.1) is 3.57 Å². The zero-order chi connectivity index (χ0) is 7.68. The van der Waals surface area contributed by atoms with Crippen molar-refractivity contribution in [2.75, 3.05) is 13.2 Å². The van der Waals surface area contributed by atoms with Crippen LogP contribution in [0.25, 0.3) is 0 Å². The molecule has 1 aliphatic heterocycles. The van der Waals surface area contributed by atoms with Crippen molar-refractivity contribution in [2.24, 2.45) is 0 Å². The molecule has 0 aromatic carbocycles. The molecule has 60 valence electrons. The lowest BCUT2D eigenvalue weighted by atomic mass is 10.3. The van der Waals surface area contributed by atoms with Crippen molar-refractivity contribution in [1.29, 1.82) is 0 Å². The second kappa shape index (κ2) is 3.12. The Labute approximate surface area is 77.8 Å². The summed E-state index contributed by atoms with van der Waals surface area (Å²) in [7, 11) is 0. The molecule has 1 aromatic heterocycles. The van der Waals surface area contributed by atoms with Gasteiger partial charge in [-0.05, 0) is 22.6 Å². The molecule has 0 aliphatic carbocycles. The molecule has 1 aliphatic rings. The van der Waals surface area contributed by atoms with Gasteiger partial charge in [0.2, 0.25) is 0 Å². The van der Waals surface area contributed by atoms with E-state index >= 15 is 0 Å². The molecule has 1 fully saturated rings. The van der Waals surface area contributed by atoms with E-state index in [1.165, 1.54) is 0 Å². The average Bonchev–Trinajstić information content (AvgIpc) is 2.55. The van der Waals surface area contributed by atoms with Gasteiger partial charge in [-0.2, -0.15) is 0 Å². The summed E-state index contributed by atoms with van der Waals surface area (Å²) in [5.41, 5.74) is 0.989. The maximum atomic E-state index is 5.29. The van der Waals surface area contributed by atoms with E-state index in [-0.39, 0.29) is 6.29 Å². The van der Waals surface area contributed by atoms with E-state index in [0.717, 1.165) is 9.13 Å². The van der Waals surface area contributed by atoms with E-state index < -0.39 is 0 Å². The first-order valence-corrected chi connectivity index (χ1v) is 4.40. The summed E-state index contributed by atoms with van der Waals surface area (Å²) in [6.45, 7) is 1.35. The molecular weight excluding hydrogens is 259 g/mol. The second-order valence-corrected chi connectivity index (χ2v) is 3.41. The predicted octanol–water partition coefficient (Wildman–Crippen LogP) is 1.93. The van der Waals surface area contributed by atoms with Gasteiger partial charge >= 0.3 is 0 Å². The van der Waals surface area contributed by atoms with Gasteiger partial charge in [0.25, 0.3) is 0 Å². The maximum absolute atomic E-state index is 5.29. The molecule has 0 saturated carbocycles. The minimum absolute atomic E-state index is 0.208. The molecule has 2 rings (SSSR count). The molecule has 0 spiro atoms. The van der Waals surface area contributed by atoms with E-state index in [9.17, 15) is 0 Å². The Hall–Kier alpha value is -0.0700. The number of halogens is 1. The highest BCUT2D eigenvalue weighted by atomic mass is 127. The minimum atomic E-state index is -0.208. The van der Waals surface area contributed by atoms with Crippen LogP contribution in [-0.4, -0.2) is 13.2 Å². The number of rotatable bonds is 1. The molecular formula is C7H7IO3. The van der Waals surface area contributed by atoms with Crippen LogP contribution in [0.1, 0.15) is 11.9 Å². The van der Waals surface area contributed by atoms with Crippen LogP contribution in [0.15, 0.2) is 16.9 Å². The van der Waals surface area contributed by atoms with E-state index in [0.29, 0.717) is 13.2 Å². The van der Waals surface area contributed by atoms with Crippen molar-refractivity contribution < 1.29 is 13.9 Å². The lowest BCUT2D eigenvalue weighted by molar-refractivity contribution is -0.0450. The molecule has 0 unspecified atom stereocenters. The van der Waals surface area contributed by atoms with Crippen molar-refractivity contribution in [1.82, 2.24) is 0 Å². The lowest BCUT2D eigenvalue weighted by Gasteiger charge is -2.05. The minimum Gasteiger partial charge on any atom is -0.471 e. The Morgan fingerprint density at radius 2 is 2.00 bits per heavy atom. The van der Waals surface area contributed by atoms with Crippen LogP contribution in [0.4, 0.5) is 0 Å². The van der Waals surface area contributed by atoms with E-state index in [1.54, 1.807) is 12.5 Å². The highest BCUT2D eigenvalue weighted by Gasteiger charge is 2.21. The van der Waals surface area contributed by atoms with Crippen molar-refractivity contribution in [3.05, 3.63) is 21.7 Å². The Kier molecular flexibility index (Phi) is 2.15. The van der Waals surface area contributed by atoms with Crippen LogP contribution >= 0.6 is 22.6 Å². The Morgan fingerprint density at radius 3 is 2.55 bits per heavy atom. The Balaban J connectivity index is 2.21. The largest absolute Gasteiger partial charge is 0.471 e. The quantitative estimate of drug-likeness (QED) is 0.728. The maximum Gasteiger partial charge on any atom is 0.188 e. The highest BCUT2D eigenvalue weighted by Crippen LogP contribution is 2.27. The standard InChI is InChI=1S/C7H7IO3/c8-6-4-9-3-5(6)7-10-1-2-11-7/h3-4,7H,1-2H2. The number of hydrogen-bond acceptors (Lipinski definition) is 3. The average molecular weight is 266 g/mol. The first-order valence-electron chi connectivity index (χ1n) is 3.33. The fourth-order valence-corrected chi connectivity index (χ4v) is 1.53. The summed E-state index contributed by atoms with van der Waals surface area (Å²) in [6, 6.07) is 0. The predicted molar refractivity (Wildman–Crippen MR) is 46.1 cm³/mol. The van der Waals surface area contributed by atoms with Crippen LogP contribution < -0.4 is 0 Å². The van der Waals surface area contributed by atoms with E-state index in [1.807, 2.05) is 0 Å². The zero-order valence-corrected chi connectivity index (χ0v) is 7.91. The molecule has 0 radical (unpaired) electrons. The topological polar surface area (TPSA) is 31.6 Å².